The third-order valence-corrected chi connectivity index (χ3v) is 3.58. The fourth-order valence-corrected chi connectivity index (χ4v) is 2.20. The van der Waals surface area contributed by atoms with Crippen LogP contribution in [0, 0.1) is 0 Å². The first-order valence-electron chi connectivity index (χ1n) is 8.61. The smallest absolute Gasteiger partial charge is 0.251 e. The van der Waals surface area contributed by atoms with Gasteiger partial charge in [-0.05, 0) is 65.0 Å². The van der Waals surface area contributed by atoms with Gasteiger partial charge in [0.15, 0.2) is 0 Å². The highest BCUT2D eigenvalue weighted by Gasteiger charge is 2.15. The Balaban J connectivity index is 2.40. The van der Waals surface area contributed by atoms with Crippen LogP contribution in [-0.2, 0) is 4.74 Å². The molecule has 0 fully saturated rings. The number of nitrogens with zero attached hydrogens (tertiary/aromatic N) is 1. The van der Waals surface area contributed by atoms with E-state index in [0.29, 0.717) is 24.3 Å². The third-order valence-electron chi connectivity index (χ3n) is 3.58. The predicted molar refractivity (Wildman–Crippen MR) is 100.0 cm³/mol. The van der Waals surface area contributed by atoms with Crippen LogP contribution in [-0.4, -0.2) is 62.7 Å². The van der Waals surface area contributed by atoms with Crippen LogP contribution < -0.4 is 10.6 Å². The van der Waals surface area contributed by atoms with Crippen molar-refractivity contribution in [1.82, 2.24) is 15.5 Å². The Labute approximate surface area is 150 Å². The molecule has 0 unspecified atom stereocenters. The molecule has 25 heavy (non-hydrogen) atoms. The van der Waals surface area contributed by atoms with E-state index >= 15 is 0 Å². The van der Waals surface area contributed by atoms with Gasteiger partial charge >= 0.3 is 0 Å². The lowest BCUT2D eigenvalue weighted by Gasteiger charge is -2.20. The molecule has 0 spiro atoms. The summed E-state index contributed by atoms with van der Waals surface area (Å²) in [5.41, 5.74) is 0.815. The van der Waals surface area contributed by atoms with E-state index in [0.717, 1.165) is 19.5 Å². The molecule has 0 aromatic heterocycles. The van der Waals surface area contributed by atoms with Crippen LogP contribution in [0.1, 0.15) is 47.9 Å². The standard InChI is InChI=1S/C19H31N3O3/c1-19(2,3)21-18(24)16-9-7-15(8-10-16)17(23)20-11-6-12-22(4)13-14-25-5/h7-10H,6,11-14H2,1-5H3,(H,20,23)(H,21,24). The molecule has 6 nitrogen and oxygen atoms in total. The number of ether oxygens (including phenoxy) is 1. The van der Waals surface area contributed by atoms with Gasteiger partial charge in [-0.2, -0.15) is 0 Å². The highest BCUT2D eigenvalue weighted by atomic mass is 16.5. The number of rotatable bonds is 9. The van der Waals surface area contributed by atoms with Crippen molar-refractivity contribution in [3.63, 3.8) is 0 Å². The predicted octanol–water partition coefficient (Wildman–Crippen LogP) is 1.91. The number of amides is 2. The van der Waals surface area contributed by atoms with Gasteiger partial charge in [0.05, 0.1) is 6.61 Å². The zero-order chi connectivity index (χ0) is 18.9. The van der Waals surface area contributed by atoms with Crippen LogP contribution in [0.4, 0.5) is 0 Å². The summed E-state index contributed by atoms with van der Waals surface area (Å²) >= 11 is 0. The Bertz CT molecular complexity index is 550. The van der Waals surface area contributed by atoms with Crippen molar-refractivity contribution in [2.24, 2.45) is 0 Å². The Hall–Kier alpha value is -1.92. The van der Waals surface area contributed by atoms with E-state index in [1.165, 1.54) is 0 Å². The molecule has 0 atom stereocenters. The Morgan fingerprint density at radius 3 is 2.12 bits per heavy atom. The molecule has 0 saturated heterocycles. The van der Waals surface area contributed by atoms with Gasteiger partial charge in [-0.25, -0.2) is 0 Å². The van der Waals surface area contributed by atoms with Crippen LogP contribution in [0.15, 0.2) is 24.3 Å². The van der Waals surface area contributed by atoms with E-state index in [2.05, 4.69) is 15.5 Å². The van der Waals surface area contributed by atoms with Gasteiger partial charge < -0.3 is 20.3 Å². The summed E-state index contributed by atoms with van der Waals surface area (Å²) in [5, 5.41) is 5.80. The van der Waals surface area contributed by atoms with Gasteiger partial charge in [0.25, 0.3) is 11.8 Å². The quantitative estimate of drug-likeness (QED) is 0.668. The fourth-order valence-electron chi connectivity index (χ4n) is 2.20. The summed E-state index contributed by atoms with van der Waals surface area (Å²) in [6.45, 7) is 8.89. The van der Waals surface area contributed by atoms with Crippen LogP contribution in [0.3, 0.4) is 0 Å². The van der Waals surface area contributed by atoms with Gasteiger partial charge in [0.1, 0.15) is 0 Å². The van der Waals surface area contributed by atoms with Crippen molar-refractivity contribution in [2.45, 2.75) is 32.7 Å². The Morgan fingerprint density at radius 2 is 1.60 bits per heavy atom. The van der Waals surface area contributed by atoms with Crippen molar-refractivity contribution in [2.75, 3.05) is 40.4 Å². The highest BCUT2D eigenvalue weighted by Crippen LogP contribution is 2.07. The maximum atomic E-state index is 12.1. The van der Waals surface area contributed by atoms with Crippen LogP contribution in [0.2, 0.25) is 0 Å². The lowest BCUT2D eigenvalue weighted by molar-refractivity contribution is 0.0915. The van der Waals surface area contributed by atoms with Crippen LogP contribution in [0.5, 0.6) is 0 Å². The number of carbonyl (C=O) groups is 2. The zero-order valence-electron chi connectivity index (χ0n) is 16.0. The molecule has 6 heteroatoms. The van der Waals surface area contributed by atoms with Gasteiger partial charge in [-0.1, -0.05) is 0 Å². The van der Waals surface area contributed by atoms with Crippen molar-refractivity contribution < 1.29 is 14.3 Å². The van der Waals surface area contributed by atoms with E-state index in [1.807, 2.05) is 27.8 Å². The first-order valence-corrected chi connectivity index (χ1v) is 8.61. The number of nitrogens with one attached hydrogen (secondary N) is 2. The van der Waals surface area contributed by atoms with Gasteiger partial charge in [-0.15, -0.1) is 0 Å². The van der Waals surface area contributed by atoms with Gasteiger partial charge in [-0.3, -0.25) is 9.59 Å². The highest BCUT2D eigenvalue weighted by molar-refractivity contribution is 5.98. The average Bonchev–Trinajstić information content (AvgIpc) is 2.55. The molecule has 0 aliphatic rings. The lowest BCUT2D eigenvalue weighted by Crippen LogP contribution is -2.40. The summed E-state index contributed by atoms with van der Waals surface area (Å²) in [4.78, 5) is 26.4. The molecule has 2 N–H and O–H groups in total. The van der Waals surface area contributed by atoms with Crippen molar-refractivity contribution in [1.29, 1.82) is 0 Å². The molecule has 1 aromatic carbocycles. The maximum absolute atomic E-state index is 12.1. The number of benzene rings is 1. The molecule has 0 aliphatic heterocycles. The van der Waals surface area contributed by atoms with E-state index in [1.54, 1.807) is 31.4 Å². The second-order valence-electron chi connectivity index (χ2n) is 7.19. The molecule has 0 saturated carbocycles. The molecule has 0 heterocycles. The largest absolute Gasteiger partial charge is 0.383 e. The number of carbonyl (C=O) groups excluding carboxylic acids is 2. The summed E-state index contributed by atoms with van der Waals surface area (Å²) in [5.74, 6) is -0.263. The lowest BCUT2D eigenvalue weighted by atomic mass is 10.1. The first kappa shape index (κ1) is 21.1. The summed E-state index contributed by atoms with van der Waals surface area (Å²) in [6, 6.07) is 6.71. The zero-order valence-corrected chi connectivity index (χ0v) is 16.0. The molecule has 0 aliphatic carbocycles. The number of hydrogen-bond donors (Lipinski definition) is 2. The molecule has 0 bridgehead atoms. The molecule has 140 valence electrons. The molecule has 2 amide bonds. The van der Waals surface area contributed by atoms with E-state index in [4.69, 9.17) is 4.74 Å². The number of hydrogen-bond acceptors (Lipinski definition) is 4. The normalized spacial score (nSPS) is 11.4. The van der Waals surface area contributed by atoms with E-state index < -0.39 is 0 Å². The molecular weight excluding hydrogens is 318 g/mol. The van der Waals surface area contributed by atoms with E-state index in [-0.39, 0.29) is 17.4 Å². The Kier molecular flexibility index (Phi) is 8.58. The molecule has 1 rings (SSSR count). The van der Waals surface area contributed by atoms with Crippen molar-refractivity contribution >= 4 is 11.8 Å². The SMILES string of the molecule is COCCN(C)CCCNC(=O)c1ccc(C(=O)NC(C)(C)C)cc1. The number of likely N-dealkylation sites (N-methyl/N-ethyl adjacent to an activating group) is 1. The van der Waals surface area contributed by atoms with Gasteiger partial charge in [0, 0.05) is 36.9 Å². The van der Waals surface area contributed by atoms with Gasteiger partial charge in [0.2, 0.25) is 0 Å². The monoisotopic (exact) mass is 349 g/mol. The fraction of sp³-hybridized carbons (Fsp3) is 0.579. The number of methoxy groups -OCH3 is 1. The summed E-state index contributed by atoms with van der Waals surface area (Å²) < 4.78 is 5.03. The minimum Gasteiger partial charge on any atom is -0.383 e. The van der Waals surface area contributed by atoms with Crippen molar-refractivity contribution in [3.05, 3.63) is 35.4 Å². The molecule has 1 aromatic rings. The molecular formula is C19H31N3O3. The first-order chi connectivity index (χ1) is 11.7. The minimum absolute atomic E-state index is 0.123. The topological polar surface area (TPSA) is 70.7 Å². The summed E-state index contributed by atoms with van der Waals surface area (Å²) in [7, 11) is 3.72. The second kappa shape index (κ2) is 10.2. The van der Waals surface area contributed by atoms with Crippen LogP contribution in [0.25, 0.3) is 0 Å². The average molecular weight is 349 g/mol. The van der Waals surface area contributed by atoms with Crippen LogP contribution >= 0.6 is 0 Å². The molecule has 0 radical (unpaired) electrons. The minimum atomic E-state index is -0.288. The summed E-state index contributed by atoms with van der Waals surface area (Å²) in [6.07, 6.45) is 0.873. The maximum Gasteiger partial charge on any atom is 0.251 e. The Morgan fingerprint density at radius 1 is 1.04 bits per heavy atom. The second-order valence-corrected chi connectivity index (χ2v) is 7.19. The third kappa shape index (κ3) is 8.65. The van der Waals surface area contributed by atoms with E-state index in [9.17, 15) is 9.59 Å². The van der Waals surface area contributed by atoms with Crippen molar-refractivity contribution in [3.8, 4) is 0 Å².